The van der Waals surface area contributed by atoms with Gasteiger partial charge in [0, 0.05) is 5.69 Å². The number of anilines is 1. The lowest BCUT2D eigenvalue weighted by atomic mass is 10.2. The quantitative estimate of drug-likeness (QED) is 0.775. The summed E-state index contributed by atoms with van der Waals surface area (Å²) in [6.07, 6.45) is -4.41. The zero-order valence-electron chi connectivity index (χ0n) is 8.38. The maximum absolute atomic E-state index is 12.3. The van der Waals surface area contributed by atoms with Gasteiger partial charge in [-0.25, -0.2) is 0 Å². The predicted molar refractivity (Wildman–Crippen MR) is 58.5 cm³/mol. The van der Waals surface area contributed by atoms with Gasteiger partial charge < -0.3 is 5.32 Å². The second kappa shape index (κ2) is 4.78. The van der Waals surface area contributed by atoms with Crippen molar-refractivity contribution < 1.29 is 18.0 Å². The van der Waals surface area contributed by atoms with Crippen LogP contribution in [0.25, 0.3) is 0 Å². The lowest BCUT2D eigenvalue weighted by Gasteiger charge is -2.10. The second-order valence-electron chi connectivity index (χ2n) is 3.24. The summed E-state index contributed by atoms with van der Waals surface area (Å²) < 4.78 is 37.0. The topological polar surface area (TPSA) is 29.1 Å². The van der Waals surface area contributed by atoms with E-state index in [1.54, 1.807) is 0 Å². The first-order valence-electron chi connectivity index (χ1n) is 4.47. The van der Waals surface area contributed by atoms with Gasteiger partial charge >= 0.3 is 6.18 Å². The summed E-state index contributed by atoms with van der Waals surface area (Å²) in [6.45, 7) is 1.53. The Hall–Kier alpha value is -1.17. The van der Waals surface area contributed by atoms with E-state index in [2.05, 4.69) is 17.9 Å². The lowest BCUT2D eigenvalue weighted by molar-refractivity contribution is -0.137. The Balaban J connectivity index is 2.88. The standard InChI is InChI=1S/C10H10F3NOS/c1-6(16)9(15)14-8-4-2-3-7(5-8)10(11,12)13/h2-6,16H,1H3,(H,14,15). The number of amides is 1. The van der Waals surface area contributed by atoms with Crippen molar-refractivity contribution in [3.8, 4) is 0 Å². The van der Waals surface area contributed by atoms with E-state index in [4.69, 9.17) is 0 Å². The summed E-state index contributed by atoms with van der Waals surface area (Å²) in [5.74, 6) is -0.442. The largest absolute Gasteiger partial charge is 0.416 e. The van der Waals surface area contributed by atoms with Crippen LogP contribution < -0.4 is 5.32 Å². The molecule has 1 atom stereocenters. The first-order chi connectivity index (χ1) is 7.30. The SMILES string of the molecule is CC(S)C(=O)Nc1cccc(C(F)(F)F)c1. The van der Waals surface area contributed by atoms with Crippen molar-refractivity contribution in [2.45, 2.75) is 18.3 Å². The highest BCUT2D eigenvalue weighted by molar-refractivity contribution is 7.81. The van der Waals surface area contributed by atoms with E-state index >= 15 is 0 Å². The molecule has 88 valence electrons. The van der Waals surface area contributed by atoms with Crippen molar-refractivity contribution in [1.29, 1.82) is 0 Å². The molecule has 0 aliphatic heterocycles. The molecule has 0 saturated heterocycles. The van der Waals surface area contributed by atoms with E-state index < -0.39 is 22.9 Å². The number of hydrogen-bond acceptors (Lipinski definition) is 2. The van der Waals surface area contributed by atoms with Crippen molar-refractivity contribution in [3.63, 3.8) is 0 Å². The molecule has 0 spiro atoms. The van der Waals surface area contributed by atoms with Crippen LogP contribution in [0.15, 0.2) is 24.3 Å². The number of thiol groups is 1. The first-order valence-corrected chi connectivity index (χ1v) is 4.98. The monoisotopic (exact) mass is 249 g/mol. The maximum Gasteiger partial charge on any atom is 0.416 e. The summed E-state index contributed by atoms with van der Waals surface area (Å²) >= 11 is 3.87. The molecule has 1 unspecified atom stereocenters. The van der Waals surface area contributed by atoms with Gasteiger partial charge in [-0.05, 0) is 25.1 Å². The Kier molecular flexibility index (Phi) is 3.85. The van der Waals surface area contributed by atoms with E-state index in [1.165, 1.54) is 19.1 Å². The van der Waals surface area contributed by atoms with E-state index in [0.717, 1.165) is 12.1 Å². The van der Waals surface area contributed by atoms with Gasteiger partial charge in [0.15, 0.2) is 0 Å². The number of nitrogens with one attached hydrogen (secondary N) is 1. The molecular formula is C10H10F3NOS. The summed E-state index contributed by atoms with van der Waals surface area (Å²) in [5.41, 5.74) is -0.683. The van der Waals surface area contributed by atoms with E-state index in [1.807, 2.05) is 0 Å². The molecule has 0 radical (unpaired) electrons. The van der Waals surface area contributed by atoms with Crippen LogP contribution in [-0.4, -0.2) is 11.2 Å². The normalized spacial score (nSPS) is 13.3. The maximum atomic E-state index is 12.3. The van der Waals surface area contributed by atoms with E-state index in [9.17, 15) is 18.0 Å². The molecule has 16 heavy (non-hydrogen) atoms. The van der Waals surface area contributed by atoms with Crippen LogP contribution >= 0.6 is 12.6 Å². The average molecular weight is 249 g/mol. The van der Waals surface area contributed by atoms with Gasteiger partial charge in [0.25, 0.3) is 0 Å². The fraction of sp³-hybridized carbons (Fsp3) is 0.300. The number of rotatable bonds is 2. The molecule has 0 heterocycles. The minimum atomic E-state index is -4.41. The molecule has 1 rings (SSSR count). The molecule has 1 aromatic carbocycles. The predicted octanol–water partition coefficient (Wildman–Crippen LogP) is 2.96. The minimum absolute atomic E-state index is 0.112. The Morgan fingerprint density at radius 1 is 1.44 bits per heavy atom. The number of halogens is 3. The van der Waals surface area contributed by atoms with Crippen LogP contribution in [0, 0.1) is 0 Å². The van der Waals surface area contributed by atoms with Crippen molar-refractivity contribution in [1.82, 2.24) is 0 Å². The first kappa shape index (κ1) is 12.9. The third-order valence-corrected chi connectivity index (χ3v) is 2.07. The second-order valence-corrected chi connectivity index (χ2v) is 4.02. The number of carbonyl (C=O) groups is 1. The molecular weight excluding hydrogens is 239 g/mol. The summed E-state index contributed by atoms with van der Waals surface area (Å²) in [5, 5.41) is 1.76. The Morgan fingerprint density at radius 2 is 2.06 bits per heavy atom. The van der Waals surface area contributed by atoms with Crippen molar-refractivity contribution in [2.75, 3.05) is 5.32 Å². The fourth-order valence-electron chi connectivity index (χ4n) is 1.02. The van der Waals surface area contributed by atoms with E-state index in [-0.39, 0.29) is 5.69 Å². The van der Waals surface area contributed by atoms with Crippen LogP contribution in [0.2, 0.25) is 0 Å². The smallest absolute Gasteiger partial charge is 0.325 e. The molecule has 0 bridgehead atoms. The number of hydrogen-bond donors (Lipinski definition) is 2. The van der Waals surface area contributed by atoms with Gasteiger partial charge in [0.05, 0.1) is 10.8 Å². The molecule has 1 amide bonds. The van der Waals surface area contributed by atoms with Gasteiger partial charge in [-0.15, -0.1) is 0 Å². The molecule has 0 aromatic heterocycles. The fourth-order valence-corrected chi connectivity index (χ4v) is 1.08. The summed E-state index contributed by atoms with van der Waals surface area (Å²) in [7, 11) is 0. The third-order valence-electron chi connectivity index (χ3n) is 1.84. The summed E-state index contributed by atoms with van der Waals surface area (Å²) in [4.78, 5) is 11.2. The zero-order valence-corrected chi connectivity index (χ0v) is 9.27. The highest BCUT2D eigenvalue weighted by Gasteiger charge is 2.30. The van der Waals surface area contributed by atoms with Crippen LogP contribution in [-0.2, 0) is 11.0 Å². The number of carbonyl (C=O) groups excluding carboxylic acids is 1. The number of benzene rings is 1. The molecule has 1 aromatic rings. The number of alkyl halides is 3. The molecule has 6 heteroatoms. The minimum Gasteiger partial charge on any atom is -0.325 e. The Labute approximate surface area is 96.3 Å². The van der Waals surface area contributed by atoms with Crippen molar-refractivity contribution in [3.05, 3.63) is 29.8 Å². The van der Waals surface area contributed by atoms with Gasteiger partial charge in [0.1, 0.15) is 0 Å². The Morgan fingerprint density at radius 3 is 2.56 bits per heavy atom. The summed E-state index contributed by atoms with van der Waals surface area (Å²) in [6, 6.07) is 4.46. The third kappa shape index (κ3) is 3.44. The van der Waals surface area contributed by atoms with Gasteiger partial charge in [0.2, 0.25) is 5.91 Å². The molecule has 2 nitrogen and oxygen atoms in total. The Bertz CT molecular complexity index is 390. The molecule has 1 N–H and O–H groups in total. The van der Waals surface area contributed by atoms with Gasteiger partial charge in [-0.1, -0.05) is 6.07 Å². The highest BCUT2D eigenvalue weighted by Crippen LogP contribution is 2.30. The van der Waals surface area contributed by atoms with Crippen LogP contribution in [0.3, 0.4) is 0 Å². The van der Waals surface area contributed by atoms with E-state index in [0.29, 0.717) is 0 Å². The molecule has 0 saturated carbocycles. The molecule has 0 aliphatic carbocycles. The highest BCUT2D eigenvalue weighted by atomic mass is 32.1. The lowest BCUT2D eigenvalue weighted by Crippen LogP contribution is -2.20. The average Bonchev–Trinajstić information content (AvgIpc) is 2.16. The van der Waals surface area contributed by atoms with Crippen molar-refractivity contribution in [2.24, 2.45) is 0 Å². The molecule has 0 fully saturated rings. The van der Waals surface area contributed by atoms with Crippen LogP contribution in [0.4, 0.5) is 18.9 Å². The van der Waals surface area contributed by atoms with Crippen LogP contribution in [0.1, 0.15) is 12.5 Å². The van der Waals surface area contributed by atoms with Crippen LogP contribution in [0.5, 0.6) is 0 Å². The van der Waals surface area contributed by atoms with Crippen molar-refractivity contribution >= 4 is 24.2 Å². The zero-order chi connectivity index (χ0) is 12.3. The van der Waals surface area contributed by atoms with Gasteiger partial charge in [-0.2, -0.15) is 25.8 Å². The molecule has 0 aliphatic rings. The van der Waals surface area contributed by atoms with Gasteiger partial charge in [-0.3, -0.25) is 4.79 Å².